The standard InChI is InChI=1S/C10H15N2/c1-2-4-9(5-3-1)6-10-7-11-8-12-10/h7,9H,1-6H2,(H,11,12). The average Bonchev–Trinajstić information content (AvgIpc) is 2.59. The molecule has 1 aromatic rings. The first kappa shape index (κ1) is 7.84. The summed E-state index contributed by atoms with van der Waals surface area (Å²) in [6.07, 6.45) is 12.9. The number of nitrogens with zero attached hydrogens (tertiary/aromatic N) is 1. The molecule has 0 bridgehead atoms. The Hall–Kier alpha value is -0.790. The lowest BCUT2D eigenvalue weighted by Gasteiger charge is -2.20. The third kappa shape index (κ3) is 1.87. The monoisotopic (exact) mass is 163 g/mol. The number of rotatable bonds is 2. The van der Waals surface area contributed by atoms with E-state index in [-0.39, 0.29) is 0 Å². The van der Waals surface area contributed by atoms with Gasteiger partial charge < -0.3 is 4.98 Å². The number of aromatic amines is 1. The van der Waals surface area contributed by atoms with Crippen LogP contribution in [0.4, 0.5) is 0 Å². The van der Waals surface area contributed by atoms with E-state index < -0.39 is 0 Å². The zero-order valence-corrected chi connectivity index (χ0v) is 7.34. The Labute approximate surface area is 73.4 Å². The van der Waals surface area contributed by atoms with Crippen LogP contribution in [0.5, 0.6) is 0 Å². The predicted molar refractivity (Wildman–Crippen MR) is 47.7 cm³/mol. The summed E-state index contributed by atoms with van der Waals surface area (Å²) in [7, 11) is 0. The molecule has 0 aromatic carbocycles. The summed E-state index contributed by atoms with van der Waals surface area (Å²) in [5, 5.41) is 0. The Morgan fingerprint density at radius 3 is 2.92 bits per heavy atom. The molecule has 12 heavy (non-hydrogen) atoms. The maximum absolute atomic E-state index is 4.13. The molecule has 0 saturated heterocycles. The molecule has 65 valence electrons. The highest BCUT2D eigenvalue weighted by molar-refractivity contribution is 4.95. The van der Waals surface area contributed by atoms with E-state index >= 15 is 0 Å². The summed E-state index contributed by atoms with van der Waals surface area (Å²) in [5.41, 5.74) is 1.18. The first-order valence-electron chi connectivity index (χ1n) is 4.85. The summed E-state index contributed by atoms with van der Waals surface area (Å²) >= 11 is 0. The maximum atomic E-state index is 4.13. The average molecular weight is 163 g/mol. The van der Waals surface area contributed by atoms with Crippen LogP contribution in [-0.2, 0) is 6.42 Å². The number of imidazole rings is 1. The van der Waals surface area contributed by atoms with Crippen LogP contribution in [0.2, 0.25) is 0 Å². The Kier molecular flexibility index (Phi) is 2.45. The summed E-state index contributed by atoms with van der Waals surface area (Å²) < 4.78 is 0. The minimum atomic E-state index is 0.885. The molecular weight excluding hydrogens is 148 g/mol. The van der Waals surface area contributed by atoms with E-state index in [1.54, 1.807) is 0 Å². The van der Waals surface area contributed by atoms with Crippen molar-refractivity contribution in [3.63, 3.8) is 0 Å². The highest BCUT2D eigenvalue weighted by Crippen LogP contribution is 2.25. The van der Waals surface area contributed by atoms with Crippen LogP contribution in [0.15, 0.2) is 6.20 Å². The summed E-state index contributed by atoms with van der Waals surface area (Å²) in [6, 6.07) is 0. The Balaban J connectivity index is 1.86. The van der Waals surface area contributed by atoms with Gasteiger partial charge in [-0.3, -0.25) is 0 Å². The van der Waals surface area contributed by atoms with Crippen LogP contribution < -0.4 is 0 Å². The molecule has 1 heterocycles. The SMILES string of the molecule is [c]1nc(CC2CCCCC2)c[nH]1. The van der Waals surface area contributed by atoms with Crippen molar-refractivity contribution < 1.29 is 0 Å². The minimum Gasteiger partial charge on any atom is -0.342 e. The second-order valence-corrected chi connectivity index (χ2v) is 3.71. The van der Waals surface area contributed by atoms with Gasteiger partial charge >= 0.3 is 0 Å². The van der Waals surface area contributed by atoms with Gasteiger partial charge in [-0.2, -0.15) is 0 Å². The van der Waals surface area contributed by atoms with Crippen LogP contribution in [0, 0.1) is 12.2 Å². The molecule has 0 unspecified atom stereocenters. The number of hydrogen-bond donors (Lipinski definition) is 1. The van der Waals surface area contributed by atoms with E-state index in [1.807, 2.05) is 6.20 Å². The lowest BCUT2D eigenvalue weighted by atomic mass is 9.86. The molecule has 1 aromatic heterocycles. The normalized spacial score (nSPS) is 19.7. The van der Waals surface area contributed by atoms with Gasteiger partial charge in [-0.05, 0) is 12.3 Å². The Morgan fingerprint density at radius 2 is 2.25 bits per heavy atom. The molecule has 1 radical (unpaired) electrons. The van der Waals surface area contributed by atoms with Crippen LogP contribution >= 0.6 is 0 Å². The third-order valence-electron chi connectivity index (χ3n) is 2.73. The largest absolute Gasteiger partial charge is 0.342 e. The number of nitrogens with one attached hydrogen (secondary N) is 1. The van der Waals surface area contributed by atoms with Gasteiger partial charge in [0, 0.05) is 6.20 Å². The Bertz CT molecular complexity index is 210. The smallest absolute Gasteiger partial charge is 0.173 e. The van der Waals surface area contributed by atoms with E-state index in [0.29, 0.717) is 0 Å². The summed E-state index contributed by atoms with van der Waals surface area (Å²) in [5.74, 6) is 0.885. The van der Waals surface area contributed by atoms with E-state index in [0.717, 1.165) is 12.3 Å². The predicted octanol–water partition coefficient (Wildman–Crippen LogP) is 2.33. The quantitative estimate of drug-likeness (QED) is 0.712. The number of hydrogen-bond acceptors (Lipinski definition) is 1. The molecule has 2 nitrogen and oxygen atoms in total. The van der Waals surface area contributed by atoms with Gasteiger partial charge in [0.1, 0.15) is 0 Å². The van der Waals surface area contributed by atoms with Gasteiger partial charge in [-0.25, -0.2) is 4.98 Å². The molecule has 2 rings (SSSR count). The first-order chi connectivity index (χ1) is 5.95. The third-order valence-corrected chi connectivity index (χ3v) is 2.73. The van der Waals surface area contributed by atoms with E-state index in [2.05, 4.69) is 16.3 Å². The molecule has 1 saturated carbocycles. The van der Waals surface area contributed by atoms with Crippen LogP contribution in [0.3, 0.4) is 0 Å². The zero-order chi connectivity index (χ0) is 8.23. The molecule has 1 aliphatic rings. The highest BCUT2D eigenvalue weighted by Gasteiger charge is 2.14. The molecular formula is C10H15N2. The summed E-state index contributed by atoms with van der Waals surface area (Å²) in [4.78, 5) is 7.01. The van der Waals surface area contributed by atoms with Crippen molar-refractivity contribution in [2.75, 3.05) is 0 Å². The molecule has 0 amide bonds. The lowest BCUT2D eigenvalue weighted by Crippen LogP contribution is -2.09. The van der Waals surface area contributed by atoms with Gasteiger partial charge in [0.15, 0.2) is 6.33 Å². The van der Waals surface area contributed by atoms with Crippen molar-refractivity contribution >= 4 is 0 Å². The number of H-pyrrole nitrogens is 1. The van der Waals surface area contributed by atoms with Gasteiger partial charge in [-0.1, -0.05) is 32.1 Å². The molecule has 1 N–H and O–H groups in total. The molecule has 1 fully saturated rings. The van der Waals surface area contributed by atoms with Crippen LogP contribution in [0.25, 0.3) is 0 Å². The molecule has 1 aliphatic carbocycles. The molecule has 0 atom stereocenters. The van der Waals surface area contributed by atoms with Crippen molar-refractivity contribution in [1.82, 2.24) is 9.97 Å². The van der Waals surface area contributed by atoms with Crippen molar-refractivity contribution in [3.05, 3.63) is 18.2 Å². The number of aromatic nitrogens is 2. The Morgan fingerprint density at radius 1 is 1.42 bits per heavy atom. The van der Waals surface area contributed by atoms with Crippen molar-refractivity contribution in [2.24, 2.45) is 5.92 Å². The van der Waals surface area contributed by atoms with Gasteiger partial charge in [0.2, 0.25) is 0 Å². The van der Waals surface area contributed by atoms with E-state index in [4.69, 9.17) is 0 Å². The second kappa shape index (κ2) is 3.74. The van der Waals surface area contributed by atoms with Crippen molar-refractivity contribution in [2.45, 2.75) is 38.5 Å². The van der Waals surface area contributed by atoms with E-state index in [1.165, 1.54) is 37.8 Å². The van der Waals surface area contributed by atoms with Crippen molar-refractivity contribution in [3.8, 4) is 0 Å². The second-order valence-electron chi connectivity index (χ2n) is 3.71. The fraction of sp³-hybridized carbons (Fsp3) is 0.700. The van der Waals surface area contributed by atoms with Crippen LogP contribution in [0.1, 0.15) is 37.8 Å². The first-order valence-corrected chi connectivity index (χ1v) is 4.85. The zero-order valence-electron chi connectivity index (χ0n) is 7.34. The minimum absolute atomic E-state index is 0.885. The molecule has 0 aliphatic heterocycles. The lowest BCUT2D eigenvalue weighted by molar-refractivity contribution is 0.354. The fourth-order valence-corrected chi connectivity index (χ4v) is 2.04. The fourth-order valence-electron chi connectivity index (χ4n) is 2.04. The van der Waals surface area contributed by atoms with Gasteiger partial charge in [-0.15, -0.1) is 0 Å². The topological polar surface area (TPSA) is 28.7 Å². The highest BCUT2D eigenvalue weighted by atomic mass is 14.9. The van der Waals surface area contributed by atoms with Crippen molar-refractivity contribution in [1.29, 1.82) is 0 Å². The maximum Gasteiger partial charge on any atom is 0.173 e. The van der Waals surface area contributed by atoms with Gasteiger partial charge in [0.05, 0.1) is 5.69 Å². The molecule has 0 spiro atoms. The summed E-state index contributed by atoms with van der Waals surface area (Å²) in [6.45, 7) is 0. The molecule has 2 heteroatoms. The van der Waals surface area contributed by atoms with E-state index in [9.17, 15) is 0 Å². The van der Waals surface area contributed by atoms with Crippen LogP contribution in [-0.4, -0.2) is 9.97 Å². The van der Waals surface area contributed by atoms with Gasteiger partial charge in [0.25, 0.3) is 0 Å².